The number of fused-ring (bicyclic) bond motifs is 3. The van der Waals surface area contributed by atoms with E-state index in [0.29, 0.717) is 17.6 Å². The molecule has 3 aliphatic carbocycles. The quantitative estimate of drug-likeness (QED) is 0.796. The van der Waals surface area contributed by atoms with Crippen LogP contribution in [0.3, 0.4) is 0 Å². The molecule has 0 N–H and O–H groups in total. The lowest BCUT2D eigenvalue weighted by molar-refractivity contribution is -0.125. The van der Waals surface area contributed by atoms with Crippen LogP contribution in [0.2, 0.25) is 0 Å². The van der Waals surface area contributed by atoms with Crippen molar-refractivity contribution in [1.82, 2.24) is 4.98 Å². The fourth-order valence-electron chi connectivity index (χ4n) is 4.54. The largest absolute Gasteiger partial charge is 0.299 e. The fraction of sp³-hybridized carbons (Fsp3) is 0.625. The fourth-order valence-corrected chi connectivity index (χ4v) is 4.54. The van der Waals surface area contributed by atoms with E-state index in [-0.39, 0.29) is 5.92 Å². The average molecular weight is 241 g/mol. The molecule has 0 saturated heterocycles. The summed E-state index contributed by atoms with van der Waals surface area (Å²) in [6, 6.07) is 4.12. The zero-order valence-corrected chi connectivity index (χ0v) is 10.6. The molecule has 2 nitrogen and oxygen atoms in total. The lowest BCUT2D eigenvalue weighted by Crippen LogP contribution is -2.26. The first-order chi connectivity index (χ1) is 8.83. The molecule has 1 aromatic rings. The predicted molar refractivity (Wildman–Crippen MR) is 69.2 cm³/mol. The molecule has 2 heteroatoms. The van der Waals surface area contributed by atoms with E-state index in [1.807, 2.05) is 12.3 Å². The summed E-state index contributed by atoms with van der Waals surface area (Å²) in [7, 11) is 0. The highest BCUT2D eigenvalue weighted by Gasteiger charge is 2.46. The third kappa shape index (κ3) is 1.47. The van der Waals surface area contributed by atoms with Crippen LogP contribution in [0.1, 0.15) is 49.3 Å². The van der Waals surface area contributed by atoms with Gasteiger partial charge in [-0.3, -0.25) is 9.78 Å². The third-order valence-electron chi connectivity index (χ3n) is 5.41. The van der Waals surface area contributed by atoms with E-state index in [1.165, 1.54) is 31.2 Å². The third-order valence-corrected chi connectivity index (χ3v) is 5.41. The highest BCUT2D eigenvalue weighted by molar-refractivity contribution is 5.89. The van der Waals surface area contributed by atoms with Crippen LogP contribution >= 0.6 is 0 Å². The van der Waals surface area contributed by atoms with Crippen molar-refractivity contribution in [3.8, 4) is 0 Å². The van der Waals surface area contributed by atoms with Gasteiger partial charge in [-0.2, -0.15) is 0 Å². The Balaban J connectivity index is 1.60. The molecule has 4 unspecified atom stereocenters. The second kappa shape index (κ2) is 3.91. The maximum Gasteiger partial charge on any atom is 0.145 e. The van der Waals surface area contributed by atoms with Gasteiger partial charge in [-0.25, -0.2) is 0 Å². The van der Waals surface area contributed by atoms with Gasteiger partial charge < -0.3 is 0 Å². The highest BCUT2D eigenvalue weighted by atomic mass is 16.1. The SMILES string of the molecule is O=C(C1CCc2cccnc21)C1CC2CCC1C2. The average Bonchev–Trinajstić information content (AvgIpc) is 3.12. The number of pyridine rings is 1. The second-order valence-electron chi connectivity index (χ2n) is 6.32. The molecule has 3 aliphatic rings. The van der Waals surface area contributed by atoms with E-state index in [9.17, 15) is 4.79 Å². The molecule has 1 heterocycles. The van der Waals surface area contributed by atoms with Crippen molar-refractivity contribution in [2.24, 2.45) is 17.8 Å². The molecule has 4 rings (SSSR count). The Labute approximate surface area is 108 Å². The second-order valence-corrected chi connectivity index (χ2v) is 6.32. The van der Waals surface area contributed by atoms with E-state index in [2.05, 4.69) is 11.1 Å². The lowest BCUT2D eigenvalue weighted by Gasteiger charge is -2.23. The number of hydrogen-bond donors (Lipinski definition) is 0. The molecule has 1 aromatic heterocycles. The topological polar surface area (TPSA) is 30.0 Å². The van der Waals surface area contributed by atoms with Gasteiger partial charge in [0, 0.05) is 12.1 Å². The normalized spacial score (nSPS) is 36.9. The van der Waals surface area contributed by atoms with Gasteiger partial charge in [-0.1, -0.05) is 12.5 Å². The van der Waals surface area contributed by atoms with Gasteiger partial charge in [-0.15, -0.1) is 0 Å². The molecule has 4 atom stereocenters. The Kier molecular flexibility index (Phi) is 2.33. The lowest BCUT2D eigenvalue weighted by atomic mass is 9.80. The number of aromatic nitrogens is 1. The number of aryl methyl sites for hydroxylation is 1. The Morgan fingerprint density at radius 3 is 2.94 bits per heavy atom. The first kappa shape index (κ1) is 10.7. The summed E-state index contributed by atoms with van der Waals surface area (Å²) in [6.45, 7) is 0. The summed E-state index contributed by atoms with van der Waals surface area (Å²) in [6.07, 6.45) is 9.03. The molecule has 0 radical (unpaired) electrons. The van der Waals surface area contributed by atoms with Crippen molar-refractivity contribution in [2.75, 3.05) is 0 Å². The highest BCUT2D eigenvalue weighted by Crippen LogP contribution is 2.50. The summed E-state index contributed by atoms with van der Waals surface area (Å²) in [5, 5.41) is 0. The van der Waals surface area contributed by atoms with Crippen LogP contribution in [0.25, 0.3) is 0 Å². The Hall–Kier alpha value is -1.18. The molecule has 0 aliphatic heterocycles. The van der Waals surface area contributed by atoms with Crippen molar-refractivity contribution < 1.29 is 4.79 Å². The van der Waals surface area contributed by atoms with Crippen molar-refractivity contribution in [3.05, 3.63) is 29.6 Å². The number of rotatable bonds is 2. The van der Waals surface area contributed by atoms with Crippen molar-refractivity contribution >= 4 is 5.78 Å². The summed E-state index contributed by atoms with van der Waals surface area (Å²) in [5.74, 6) is 2.55. The number of Topliss-reactive ketones (excluding diaryl/α,β-unsaturated/α-hetero) is 1. The Bertz CT molecular complexity index is 496. The van der Waals surface area contributed by atoms with Gasteiger partial charge >= 0.3 is 0 Å². The van der Waals surface area contributed by atoms with E-state index in [4.69, 9.17) is 0 Å². The molecular weight excluding hydrogens is 222 g/mol. The number of nitrogens with zero attached hydrogens (tertiary/aromatic N) is 1. The summed E-state index contributed by atoms with van der Waals surface area (Å²) >= 11 is 0. The smallest absolute Gasteiger partial charge is 0.145 e. The molecule has 0 aromatic carbocycles. The first-order valence-corrected chi connectivity index (χ1v) is 7.30. The van der Waals surface area contributed by atoms with Crippen molar-refractivity contribution in [3.63, 3.8) is 0 Å². The molecule has 2 fully saturated rings. The minimum absolute atomic E-state index is 0.116. The number of ketones is 1. The minimum Gasteiger partial charge on any atom is -0.299 e. The Morgan fingerprint density at radius 1 is 1.22 bits per heavy atom. The molecule has 0 spiro atoms. The number of carbonyl (C=O) groups excluding carboxylic acids is 1. The maximum absolute atomic E-state index is 12.8. The van der Waals surface area contributed by atoms with Crippen molar-refractivity contribution in [2.45, 2.75) is 44.4 Å². The molecule has 2 bridgehead atoms. The first-order valence-electron chi connectivity index (χ1n) is 7.30. The van der Waals surface area contributed by atoms with Crippen molar-refractivity contribution in [1.29, 1.82) is 0 Å². The van der Waals surface area contributed by atoms with Gasteiger partial charge in [0.15, 0.2) is 0 Å². The zero-order chi connectivity index (χ0) is 12.1. The van der Waals surface area contributed by atoms with E-state index < -0.39 is 0 Å². The molecular formula is C16H19NO. The summed E-state index contributed by atoms with van der Waals surface area (Å²) in [5.41, 5.74) is 2.39. The van der Waals surface area contributed by atoms with E-state index in [1.54, 1.807) is 0 Å². The predicted octanol–water partition coefficient (Wildman–Crippen LogP) is 3.12. The summed E-state index contributed by atoms with van der Waals surface area (Å²) in [4.78, 5) is 17.2. The van der Waals surface area contributed by atoms with Gasteiger partial charge in [0.25, 0.3) is 0 Å². The van der Waals surface area contributed by atoms with Crippen LogP contribution in [-0.2, 0) is 11.2 Å². The van der Waals surface area contributed by atoms with Gasteiger partial charge in [0.2, 0.25) is 0 Å². The number of carbonyl (C=O) groups is 1. The van der Waals surface area contributed by atoms with Gasteiger partial charge in [0.05, 0.1) is 11.6 Å². The number of hydrogen-bond acceptors (Lipinski definition) is 2. The zero-order valence-electron chi connectivity index (χ0n) is 10.6. The molecule has 94 valence electrons. The summed E-state index contributed by atoms with van der Waals surface area (Å²) < 4.78 is 0. The van der Waals surface area contributed by atoms with Crippen LogP contribution in [0.4, 0.5) is 0 Å². The van der Waals surface area contributed by atoms with Gasteiger partial charge in [-0.05, 0) is 55.6 Å². The van der Waals surface area contributed by atoms with Crippen LogP contribution in [0, 0.1) is 17.8 Å². The van der Waals surface area contributed by atoms with Crippen LogP contribution in [0.15, 0.2) is 18.3 Å². The van der Waals surface area contributed by atoms with E-state index >= 15 is 0 Å². The molecule has 0 amide bonds. The maximum atomic E-state index is 12.8. The monoisotopic (exact) mass is 241 g/mol. The van der Waals surface area contributed by atoms with E-state index in [0.717, 1.165) is 24.5 Å². The molecule has 18 heavy (non-hydrogen) atoms. The van der Waals surface area contributed by atoms with Crippen LogP contribution < -0.4 is 0 Å². The standard InChI is InChI=1S/C16H19NO/c18-16(14-9-10-3-4-12(14)8-10)13-6-5-11-2-1-7-17-15(11)13/h1-2,7,10,12-14H,3-6,8-9H2. The van der Waals surface area contributed by atoms with Crippen LogP contribution in [-0.4, -0.2) is 10.8 Å². The minimum atomic E-state index is 0.116. The van der Waals surface area contributed by atoms with Gasteiger partial charge in [0.1, 0.15) is 5.78 Å². The molecule has 2 saturated carbocycles. The Morgan fingerprint density at radius 2 is 2.17 bits per heavy atom. The van der Waals surface area contributed by atoms with Crippen LogP contribution in [0.5, 0.6) is 0 Å².